The second kappa shape index (κ2) is 11.3. The maximum absolute atomic E-state index is 2.36. The maximum atomic E-state index is 2.36. The first-order chi connectivity index (χ1) is 8.72. The lowest BCUT2D eigenvalue weighted by Gasteiger charge is -2.15. The highest BCUT2D eigenvalue weighted by molar-refractivity contribution is 5.20. The van der Waals surface area contributed by atoms with Gasteiger partial charge in [-0.25, -0.2) is 0 Å². The lowest BCUT2D eigenvalue weighted by atomic mass is 9.91. The van der Waals surface area contributed by atoms with Gasteiger partial charge in [0.25, 0.3) is 0 Å². The van der Waals surface area contributed by atoms with Crippen LogP contribution in [-0.4, -0.2) is 0 Å². The summed E-state index contributed by atoms with van der Waals surface area (Å²) in [6, 6.07) is 8.66. The second-order valence-corrected chi connectivity index (χ2v) is 5.08. The van der Waals surface area contributed by atoms with Crippen molar-refractivity contribution in [1.82, 2.24) is 0 Å². The van der Waals surface area contributed by atoms with E-state index in [9.17, 15) is 0 Å². The van der Waals surface area contributed by atoms with E-state index in [1.807, 2.05) is 13.8 Å². The zero-order valence-electron chi connectivity index (χ0n) is 13.1. The van der Waals surface area contributed by atoms with Crippen molar-refractivity contribution in [3.8, 4) is 0 Å². The Bertz CT molecular complexity index is 265. The molecule has 0 unspecified atom stereocenters. The van der Waals surface area contributed by atoms with Gasteiger partial charge in [-0.15, -0.1) is 0 Å². The number of benzene rings is 1. The van der Waals surface area contributed by atoms with Crippen molar-refractivity contribution in [2.45, 2.75) is 73.1 Å². The van der Waals surface area contributed by atoms with E-state index in [4.69, 9.17) is 0 Å². The lowest BCUT2D eigenvalue weighted by molar-refractivity contribution is 0.385. The number of hydrogen-bond acceptors (Lipinski definition) is 0. The minimum Gasteiger partial charge on any atom is -0.0683 e. The summed E-state index contributed by atoms with van der Waals surface area (Å²) in [6.07, 6.45) is 8.58. The van der Waals surface area contributed by atoms with Crippen molar-refractivity contribution in [2.75, 3.05) is 0 Å². The van der Waals surface area contributed by atoms with E-state index in [1.54, 1.807) is 0 Å². The molecule has 0 heterocycles. The third-order valence-corrected chi connectivity index (χ3v) is 3.42. The van der Waals surface area contributed by atoms with Crippen LogP contribution in [0, 0.1) is 12.8 Å². The lowest BCUT2D eigenvalue weighted by Crippen LogP contribution is -1.99. The van der Waals surface area contributed by atoms with Crippen LogP contribution in [0.1, 0.15) is 70.9 Å². The molecule has 0 radical (unpaired) electrons. The van der Waals surface area contributed by atoms with Gasteiger partial charge in [-0.3, -0.25) is 0 Å². The minimum absolute atomic E-state index is 1.04. The monoisotopic (exact) mass is 248 g/mol. The van der Waals surface area contributed by atoms with Crippen LogP contribution in [0.4, 0.5) is 0 Å². The van der Waals surface area contributed by atoms with Crippen LogP contribution in [0.25, 0.3) is 0 Å². The Morgan fingerprint density at radius 1 is 0.944 bits per heavy atom. The number of rotatable bonds is 1. The molecule has 0 nitrogen and oxygen atoms in total. The Balaban J connectivity index is 0.000000289. The topological polar surface area (TPSA) is 0 Å². The van der Waals surface area contributed by atoms with Crippen LogP contribution in [-0.2, 0) is 6.42 Å². The summed E-state index contributed by atoms with van der Waals surface area (Å²) in [5.41, 5.74) is 2.76. The highest BCUT2D eigenvalue weighted by Crippen LogP contribution is 2.22. The van der Waals surface area contributed by atoms with E-state index in [-0.39, 0.29) is 0 Å². The Labute approximate surface area is 115 Å². The van der Waals surface area contributed by atoms with Crippen LogP contribution in [0.5, 0.6) is 0 Å². The Kier molecular flexibility index (Phi) is 10.8. The van der Waals surface area contributed by atoms with Gasteiger partial charge in [-0.1, -0.05) is 89.6 Å². The van der Waals surface area contributed by atoms with Gasteiger partial charge in [0, 0.05) is 0 Å². The summed E-state index contributed by atoms with van der Waals surface area (Å²) < 4.78 is 0. The molecule has 104 valence electrons. The van der Waals surface area contributed by atoms with Crippen molar-refractivity contribution in [1.29, 1.82) is 0 Å². The largest absolute Gasteiger partial charge is 0.0683 e. The molecule has 1 aromatic rings. The fourth-order valence-electron chi connectivity index (χ4n) is 2.13. The Morgan fingerprint density at radius 3 is 1.78 bits per heavy atom. The molecule has 0 heteroatoms. The van der Waals surface area contributed by atoms with Crippen LogP contribution in [0.15, 0.2) is 24.3 Å². The van der Waals surface area contributed by atoms with E-state index < -0.39 is 0 Å². The number of aryl methyl sites for hydroxylation is 2. The second-order valence-electron chi connectivity index (χ2n) is 5.08. The first kappa shape index (κ1) is 17.2. The van der Waals surface area contributed by atoms with Gasteiger partial charge < -0.3 is 0 Å². The third-order valence-electron chi connectivity index (χ3n) is 3.42. The van der Waals surface area contributed by atoms with Crippen molar-refractivity contribution in [3.63, 3.8) is 0 Å². The van der Waals surface area contributed by atoms with E-state index in [0.29, 0.717) is 0 Å². The summed E-state index contributed by atoms with van der Waals surface area (Å²) in [4.78, 5) is 0. The van der Waals surface area contributed by atoms with Crippen molar-refractivity contribution >= 4 is 0 Å². The third kappa shape index (κ3) is 8.33. The van der Waals surface area contributed by atoms with E-state index in [1.165, 1.54) is 43.2 Å². The van der Waals surface area contributed by atoms with Gasteiger partial charge in [0.2, 0.25) is 0 Å². The fourth-order valence-corrected chi connectivity index (χ4v) is 2.13. The molecular weight excluding hydrogens is 216 g/mol. The average molecular weight is 248 g/mol. The Morgan fingerprint density at radius 2 is 1.44 bits per heavy atom. The predicted octanol–water partition coefficient (Wildman–Crippen LogP) is 6.17. The van der Waals surface area contributed by atoms with Gasteiger partial charge in [-0.2, -0.15) is 0 Å². The minimum atomic E-state index is 1.04. The fraction of sp³-hybridized carbons (Fsp3) is 0.667. The summed E-state index contributed by atoms with van der Waals surface area (Å²) >= 11 is 0. The van der Waals surface area contributed by atoms with E-state index >= 15 is 0 Å². The van der Waals surface area contributed by atoms with E-state index in [2.05, 4.69) is 45.0 Å². The standard InChI is InChI=1S/C9H12.C7H14.C2H6/c1-3-9-6-4-8(2)5-7-9;1-7-5-3-2-4-6-7;1-2/h4-7H,3H2,1-2H3;7H,2-6H2,1H3;1-2H3. The van der Waals surface area contributed by atoms with Crippen LogP contribution in [0.3, 0.4) is 0 Å². The molecule has 1 fully saturated rings. The average Bonchev–Trinajstić information content (AvgIpc) is 2.43. The van der Waals surface area contributed by atoms with Crippen LogP contribution in [0.2, 0.25) is 0 Å². The zero-order valence-corrected chi connectivity index (χ0v) is 13.1. The molecule has 0 bridgehead atoms. The van der Waals surface area contributed by atoms with Crippen molar-refractivity contribution < 1.29 is 0 Å². The number of hydrogen-bond donors (Lipinski definition) is 0. The molecule has 1 aliphatic carbocycles. The van der Waals surface area contributed by atoms with Crippen LogP contribution >= 0.6 is 0 Å². The first-order valence-corrected chi connectivity index (χ1v) is 7.78. The predicted molar refractivity (Wildman–Crippen MR) is 84.2 cm³/mol. The normalized spacial score (nSPS) is 14.9. The Hall–Kier alpha value is -0.780. The van der Waals surface area contributed by atoms with Gasteiger partial charge in [0.05, 0.1) is 0 Å². The summed E-state index contributed by atoms with van der Waals surface area (Å²) in [5, 5.41) is 0. The van der Waals surface area contributed by atoms with Crippen LogP contribution < -0.4 is 0 Å². The van der Waals surface area contributed by atoms with Gasteiger partial charge in [0.15, 0.2) is 0 Å². The molecule has 0 amide bonds. The SMILES string of the molecule is CC.CC1CCCCC1.CCc1ccc(C)cc1. The molecule has 0 spiro atoms. The van der Waals surface area contributed by atoms with E-state index in [0.717, 1.165) is 12.3 Å². The molecule has 0 aromatic heterocycles. The summed E-state index contributed by atoms with van der Waals surface area (Å²) in [5.74, 6) is 1.04. The molecule has 1 aromatic carbocycles. The molecule has 2 rings (SSSR count). The zero-order chi connectivity index (χ0) is 13.8. The molecule has 0 N–H and O–H groups in total. The van der Waals surface area contributed by atoms with Gasteiger partial charge >= 0.3 is 0 Å². The molecule has 0 aliphatic heterocycles. The maximum Gasteiger partial charge on any atom is -0.0307 e. The van der Waals surface area contributed by atoms with Crippen molar-refractivity contribution in [3.05, 3.63) is 35.4 Å². The molecule has 0 atom stereocenters. The highest BCUT2D eigenvalue weighted by Gasteiger charge is 2.05. The van der Waals surface area contributed by atoms with Crippen molar-refractivity contribution in [2.24, 2.45) is 5.92 Å². The quantitative estimate of drug-likeness (QED) is 0.557. The molecule has 1 saturated carbocycles. The van der Waals surface area contributed by atoms with Gasteiger partial charge in [-0.05, 0) is 24.8 Å². The summed E-state index contributed by atoms with van der Waals surface area (Å²) in [6.45, 7) is 10.6. The molecule has 0 saturated heterocycles. The molecule has 18 heavy (non-hydrogen) atoms. The molecular formula is C18H32. The summed E-state index contributed by atoms with van der Waals surface area (Å²) in [7, 11) is 0. The highest BCUT2D eigenvalue weighted by atomic mass is 14.1. The first-order valence-electron chi connectivity index (χ1n) is 7.78. The van der Waals surface area contributed by atoms with Gasteiger partial charge in [0.1, 0.15) is 0 Å². The smallest absolute Gasteiger partial charge is 0.0307 e. The molecule has 1 aliphatic rings.